The molecule has 0 saturated heterocycles. The Morgan fingerprint density at radius 2 is 2.06 bits per heavy atom. The van der Waals surface area contributed by atoms with Crippen molar-refractivity contribution >= 4 is 17.5 Å². The summed E-state index contributed by atoms with van der Waals surface area (Å²) >= 11 is 1.75. The Labute approximate surface area is 108 Å². The Morgan fingerprint density at radius 1 is 1.29 bits per heavy atom. The molecule has 0 fully saturated rings. The molecule has 0 spiro atoms. The van der Waals surface area contributed by atoms with Gasteiger partial charge in [0, 0.05) is 5.56 Å². The molecule has 0 aliphatic heterocycles. The van der Waals surface area contributed by atoms with E-state index in [1.54, 1.807) is 11.8 Å². The molecule has 1 aromatic carbocycles. The molecule has 17 heavy (non-hydrogen) atoms. The Morgan fingerprint density at radius 3 is 2.82 bits per heavy atom. The molecule has 1 aliphatic rings. The largest absolute Gasteiger partial charge is 0.293 e. The van der Waals surface area contributed by atoms with E-state index in [0.717, 1.165) is 17.7 Å². The summed E-state index contributed by atoms with van der Waals surface area (Å²) in [6.07, 6.45) is 3.58. The van der Waals surface area contributed by atoms with Crippen LogP contribution in [0.4, 0.5) is 0 Å². The topological polar surface area (TPSA) is 17.1 Å². The van der Waals surface area contributed by atoms with Gasteiger partial charge in [0.2, 0.25) is 0 Å². The fraction of sp³-hybridized carbons (Fsp3) is 0.533. The van der Waals surface area contributed by atoms with Crippen molar-refractivity contribution in [3.8, 4) is 0 Å². The zero-order chi connectivity index (χ0) is 12.3. The Kier molecular flexibility index (Phi) is 4.27. The predicted octanol–water partition coefficient (Wildman–Crippen LogP) is 3.75. The minimum absolute atomic E-state index is 0.283. The van der Waals surface area contributed by atoms with Crippen LogP contribution in [0.15, 0.2) is 18.2 Å². The molecule has 1 nitrogen and oxygen atoms in total. The normalized spacial score (nSPS) is 14.1. The number of fused-ring (bicyclic) bond motifs is 1. The second-order valence-electron chi connectivity index (χ2n) is 5.17. The molecule has 0 heterocycles. The third-order valence-corrected chi connectivity index (χ3v) is 4.47. The zero-order valence-corrected chi connectivity index (χ0v) is 11.5. The summed E-state index contributed by atoms with van der Waals surface area (Å²) in [7, 11) is 0. The van der Waals surface area contributed by atoms with Crippen LogP contribution >= 0.6 is 11.8 Å². The Balaban J connectivity index is 1.95. The van der Waals surface area contributed by atoms with Gasteiger partial charge in [0.05, 0.1) is 5.75 Å². The van der Waals surface area contributed by atoms with E-state index in [4.69, 9.17) is 0 Å². The molecule has 0 bridgehead atoms. The number of carbonyl (C=O) groups excluding carboxylic acids is 1. The van der Waals surface area contributed by atoms with Crippen LogP contribution in [0.1, 0.15) is 41.8 Å². The highest BCUT2D eigenvalue weighted by molar-refractivity contribution is 7.99. The highest BCUT2D eigenvalue weighted by Crippen LogP contribution is 2.23. The standard InChI is InChI=1S/C15H20OS/c1-11(2)9-17-10-15(16)14-7-6-12-4-3-5-13(12)8-14/h6-8,11H,3-5,9-10H2,1-2H3. The van der Waals surface area contributed by atoms with Gasteiger partial charge in [0.15, 0.2) is 5.78 Å². The average Bonchev–Trinajstić information content (AvgIpc) is 2.75. The maximum atomic E-state index is 12.0. The van der Waals surface area contributed by atoms with Gasteiger partial charge in [0.25, 0.3) is 0 Å². The fourth-order valence-corrected chi connectivity index (χ4v) is 3.16. The van der Waals surface area contributed by atoms with E-state index in [2.05, 4.69) is 26.0 Å². The lowest BCUT2D eigenvalue weighted by atomic mass is 10.0. The third kappa shape index (κ3) is 3.35. The van der Waals surface area contributed by atoms with E-state index >= 15 is 0 Å². The first-order valence-electron chi connectivity index (χ1n) is 6.39. The number of aryl methyl sites for hydroxylation is 2. The van der Waals surface area contributed by atoms with Gasteiger partial charge in [-0.25, -0.2) is 0 Å². The highest BCUT2D eigenvalue weighted by atomic mass is 32.2. The first-order valence-corrected chi connectivity index (χ1v) is 7.55. The maximum Gasteiger partial charge on any atom is 0.172 e. The number of hydrogen-bond donors (Lipinski definition) is 0. The minimum Gasteiger partial charge on any atom is -0.293 e. The first kappa shape index (κ1) is 12.7. The number of Topliss-reactive ketones (excluding diaryl/α,β-unsaturated/α-hetero) is 1. The van der Waals surface area contributed by atoms with Gasteiger partial charge < -0.3 is 0 Å². The van der Waals surface area contributed by atoms with E-state index in [0.29, 0.717) is 11.7 Å². The Hall–Kier alpha value is -0.760. The summed E-state index contributed by atoms with van der Waals surface area (Å²) in [5.41, 5.74) is 3.74. The van der Waals surface area contributed by atoms with Gasteiger partial charge >= 0.3 is 0 Å². The van der Waals surface area contributed by atoms with Gasteiger partial charge in [-0.05, 0) is 48.1 Å². The first-order chi connectivity index (χ1) is 8.16. The van der Waals surface area contributed by atoms with Crippen LogP contribution in [0.3, 0.4) is 0 Å². The van der Waals surface area contributed by atoms with E-state index in [9.17, 15) is 4.79 Å². The second kappa shape index (κ2) is 5.72. The van der Waals surface area contributed by atoms with E-state index in [1.807, 2.05) is 6.07 Å². The monoisotopic (exact) mass is 248 g/mol. The van der Waals surface area contributed by atoms with E-state index in [-0.39, 0.29) is 5.78 Å². The number of rotatable bonds is 5. The number of benzene rings is 1. The summed E-state index contributed by atoms with van der Waals surface area (Å²) in [4.78, 5) is 12.0. The van der Waals surface area contributed by atoms with Crippen molar-refractivity contribution in [2.24, 2.45) is 5.92 Å². The lowest BCUT2D eigenvalue weighted by Gasteiger charge is -2.06. The number of carbonyl (C=O) groups is 1. The van der Waals surface area contributed by atoms with Crippen LogP contribution in [0.2, 0.25) is 0 Å². The van der Waals surface area contributed by atoms with Crippen LogP contribution in [0.5, 0.6) is 0 Å². The zero-order valence-electron chi connectivity index (χ0n) is 10.7. The summed E-state index contributed by atoms with van der Waals surface area (Å²) < 4.78 is 0. The van der Waals surface area contributed by atoms with E-state index in [1.165, 1.54) is 24.0 Å². The van der Waals surface area contributed by atoms with Crippen molar-refractivity contribution in [2.75, 3.05) is 11.5 Å². The molecule has 1 aromatic rings. The number of hydrogen-bond acceptors (Lipinski definition) is 2. The van der Waals surface area contributed by atoms with Crippen LogP contribution in [-0.4, -0.2) is 17.3 Å². The molecular weight excluding hydrogens is 228 g/mol. The van der Waals surface area contributed by atoms with Crippen molar-refractivity contribution < 1.29 is 4.79 Å². The van der Waals surface area contributed by atoms with Crippen molar-refractivity contribution in [1.29, 1.82) is 0 Å². The van der Waals surface area contributed by atoms with Crippen molar-refractivity contribution in [3.63, 3.8) is 0 Å². The highest BCUT2D eigenvalue weighted by Gasteiger charge is 2.13. The maximum absolute atomic E-state index is 12.0. The Bertz CT molecular complexity index is 409. The average molecular weight is 248 g/mol. The summed E-state index contributed by atoms with van der Waals surface area (Å²) in [6.45, 7) is 4.37. The van der Waals surface area contributed by atoms with Gasteiger partial charge in [-0.1, -0.05) is 26.0 Å². The molecule has 0 atom stereocenters. The molecule has 1 aliphatic carbocycles. The van der Waals surface area contributed by atoms with Crippen LogP contribution in [0.25, 0.3) is 0 Å². The molecule has 0 saturated carbocycles. The lowest BCUT2D eigenvalue weighted by Crippen LogP contribution is -2.05. The van der Waals surface area contributed by atoms with Gasteiger partial charge in [-0.2, -0.15) is 11.8 Å². The van der Waals surface area contributed by atoms with Crippen molar-refractivity contribution in [2.45, 2.75) is 33.1 Å². The molecule has 92 valence electrons. The minimum atomic E-state index is 0.283. The molecule has 0 N–H and O–H groups in total. The van der Waals surface area contributed by atoms with Crippen molar-refractivity contribution in [1.82, 2.24) is 0 Å². The summed E-state index contributed by atoms with van der Waals surface area (Å²) in [5, 5.41) is 0. The SMILES string of the molecule is CC(C)CSCC(=O)c1ccc2c(c1)CCC2. The number of ketones is 1. The molecular formula is C15H20OS. The summed E-state index contributed by atoms with van der Waals surface area (Å²) in [6, 6.07) is 6.26. The van der Waals surface area contributed by atoms with Gasteiger partial charge in [-0.3, -0.25) is 4.79 Å². The summed E-state index contributed by atoms with van der Waals surface area (Å²) in [5.74, 6) is 2.63. The smallest absolute Gasteiger partial charge is 0.172 e. The molecule has 2 heteroatoms. The second-order valence-corrected chi connectivity index (χ2v) is 6.20. The van der Waals surface area contributed by atoms with Crippen LogP contribution in [-0.2, 0) is 12.8 Å². The molecule has 0 aromatic heterocycles. The van der Waals surface area contributed by atoms with Gasteiger partial charge in [0.1, 0.15) is 0 Å². The molecule has 0 radical (unpaired) electrons. The van der Waals surface area contributed by atoms with Crippen LogP contribution in [0, 0.1) is 5.92 Å². The quantitative estimate of drug-likeness (QED) is 0.738. The number of thioether (sulfide) groups is 1. The van der Waals surface area contributed by atoms with E-state index < -0.39 is 0 Å². The van der Waals surface area contributed by atoms with Crippen LogP contribution < -0.4 is 0 Å². The van der Waals surface area contributed by atoms with Gasteiger partial charge in [-0.15, -0.1) is 0 Å². The molecule has 0 amide bonds. The predicted molar refractivity (Wildman–Crippen MR) is 75.0 cm³/mol. The third-order valence-electron chi connectivity index (χ3n) is 3.10. The lowest BCUT2D eigenvalue weighted by molar-refractivity contribution is 0.102. The molecule has 0 unspecified atom stereocenters. The fourth-order valence-electron chi connectivity index (χ4n) is 2.22. The molecule has 2 rings (SSSR count). The van der Waals surface area contributed by atoms with Crippen molar-refractivity contribution in [3.05, 3.63) is 34.9 Å².